The maximum absolute atomic E-state index is 5.54. The molecule has 4 heteroatoms. The first-order valence-electron chi connectivity index (χ1n) is 6.93. The van der Waals surface area contributed by atoms with Gasteiger partial charge < -0.3 is 9.84 Å². The van der Waals surface area contributed by atoms with Gasteiger partial charge in [0.15, 0.2) is 5.82 Å². The fraction of sp³-hybridized carbons (Fsp3) is 0.846. The fourth-order valence-corrected chi connectivity index (χ4v) is 3.00. The molecule has 0 spiro atoms. The van der Waals surface area contributed by atoms with Crippen LogP contribution < -0.4 is 5.32 Å². The van der Waals surface area contributed by atoms with Gasteiger partial charge in [-0.25, -0.2) is 0 Å². The first-order valence-corrected chi connectivity index (χ1v) is 6.93. The van der Waals surface area contributed by atoms with Gasteiger partial charge in [0.1, 0.15) is 0 Å². The minimum Gasteiger partial charge on any atom is -0.337 e. The highest BCUT2D eigenvalue weighted by Crippen LogP contribution is 2.38. The molecule has 0 radical (unpaired) electrons. The summed E-state index contributed by atoms with van der Waals surface area (Å²) < 4.78 is 5.54. The van der Waals surface area contributed by atoms with Crippen molar-refractivity contribution in [1.29, 1.82) is 0 Å². The zero-order valence-electron chi connectivity index (χ0n) is 10.5. The van der Waals surface area contributed by atoms with Gasteiger partial charge in [-0.15, -0.1) is 0 Å². The van der Waals surface area contributed by atoms with Gasteiger partial charge in [0, 0.05) is 5.92 Å². The van der Waals surface area contributed by atoms with E-state index < -0.39 is 0 Å². The van der Waals surface area contributed by atoms with Crippen molar-refractivity contribution in [2.45, 2.75) is 63.3 Å². The number of hydrogen-bond donors (Lipinski definition) is 1. The van der Waals surface area contributed by atoms with Gasteiger partial charge in [0.25, 0.3) is 0 Å². The Bertz CT molecular complexity index is 378. The third-order valence-corrected chi connectivity index (χ3v) is 4.24. The number of hydrogen-bond acceptors (Lipinski definition) is 4. The monoisotopic (exact) mass is 235 g/mol. The van der Waals surface area contributed by atoms with Crippen LogP contribution in [0.5, 0.6) is 0 Å². The minimum atomic E-state index is -0.0241. The van der Waals surface area contributed by atoms with Gasteiger partial charge in [-0.3, -0.25) is 0 Å². The van der Waals surface area contributed by atoms with Crippen LogP contribution >= 0.6 is 0 Å². The normalized spacial score (nSPS) is 29.5. The lowest BCUT2D eigenvalue weighted by Crippen LogP contribution is -2.37. The second-order valence-electron chi connectivity index (χ2n) is 5.45. The predicted octanol–water partition coefficient (Wildman–Crippen LogP) is 2.72. The molecule has 1 aromatic heterocycles. The Labute approximate surface area is 102 Å². The highest BCUT2D eigenvalue weighted by molar-refractivity contribution is 5.09. The molecule has 1 saturated carbocycles. The molecule has 0 amide bonds. The molecule has 0 aromatic carbocycles. The smallest absolute Gasteiger partial charge is 0.246 e. The van der Waals surface area contributed by atoms with Crippen molar-refractivity contribution in [2.24, 2.45) is 0 Å². The first kappa shape index (κ1) is 11.2. The van der Waals surface area contributed by atoms with E-state index in [1.165, 1.54) is 25.7 Å². The van der Waals surface area contributed by atoms with E-state index in [-0.39, 0.29) is 5.54 Å². The van der Waals surface area contributed by atoms with E-state index in [0.717, 1.165) is 37.5 Å². The van der Waals surface area contributed by atoms with Crippen LogP contribution in [-0.4, -0.2) is 16.7 Å². The van der Waals surface area contributed by atoms with Crippen LogP contribution in [0, 0.1) is 0 Å². The zero-order valence-corrected chi connectivity index (χ0v) is 10.5. The molecule has 1 unspecified atom stereocenters. The Kier molecular flexibility index (Phi) is 2.90. The summed E-state index contributed by atoms with van der Waals surface area (Å²) in [6, 6.07) is 0. The summed E-state index contributed by atoms with van der Waals surface area (Å²) in [5, 5.41) is 7.76. The molecule has 1 atom stereocenters. The van der Waals surface area contributed by atoms with Gasteiger partial charge in [-0.2, -0.15) is 4.98 Å². The second-order valence-corrected chi connectivity index (χ2v) is 5.45. The molecule has 1 saturated heterocycles. The van der Waals surface area contributed by atoms with Crippen LogP contribution in [0.1, 0.15) is 69.5 Å². The van der Waals surface area contributed by atoms with Gasteiger partial charge in [-0.1, -0.05) is 24.9 Å². The summed E-state index contributed by atoms with van der Waals surface area (Å²) in [5.74, 6) is 2.33. The summed E-state index contributed by atoms with van der Waals surface area (Å²) in [7, 11) is 0. The number of nitrogens with zero attached hydrogens (tertiary/aromatic N) is 2. The summed E-state index contributed by atoms with van der Waals surface area (Å²) in [6.07, 6.45) is 8.36. The average Bonchev–Trinajstić information content (AvgIpc) is 2.85. The van der Waals surface area contributed by atoms with E-state index in [1.807, 2.05) is 0 Å². The second kappa shape index (κ2) is 4.41. The molecule has 2 fully saturated rings. The van der Waals surface area contributed by atoms with E-state index in [1.54, 1.807) is 0 Å². The van der Waals surface area contributed by atoms with Crippen molar-refractivity contribution >= 4 is 0 Å². The average molecular weight is 235 g/mol. The number of aromatic nitrogens is 2. The summed E-state index contributed by atoms with van der Waals surface area (Å²) in [5.41, 5.74) is -0.0241. The molecule has 2 heterocycles. The van der Waals surface area contributed by atoms with E-state index in [0.29, 0.717) is 5.92 Å². The number of rotatable bonds is 4. The van der Waals surface area contributed by atoms with Crippen molar-refractivity contribution in [3.05, 3.63) is 11.7 Å². The lowest BCUT2D eigenvalue weighted by atomic mass is 9.85. The number of nitrogens with one attached hydrogen (secondary N) is 1. The molecular weight excluding hydrogens is 214 g/mol. The maximum Gasteiger partial charge on any atom is 0.246 e. The van der Waals surface area contributed by atoms with Gasteiger partial charge in [-0.05, 0) is 38.6 Å². The van der Waals surface area contributed by atoms with Crippen LogP contribution in [0.3, 0.4) is 0 Å². The first-order chi connectivity index (χ1) is 8.34. The van der Waals surface area contributed by atoms with Gasteiger partial charge in [0.2, 0.25) is 5.89 Å². The highest BCUT2D eigenvalue weighted by atomic mass is 16.5. The summed E-state index contributed by atoms with van der Waals surface area (Å²) >= 11 is 0. The van der Waals surface area contributed by atoms with Crippen molar-refractivity contribution in [3.63, 3.8) is 0 Å². The van der Waals surface area contributed by atoms with Crippen molar-refractivity contribution in [2.75, 3.05) is 6.54 Å². The van der Waals surface area contributed by atoms with Crippen LogP contribution in [-0.2, 0) is 5.54 Å². The van der Waals surface area contributed by atoms with Crippen molar-refractivity contribution < 1.29 is 4.52 Å². The Morgan fingerprint density at radius 1 is 1.41 bits per heavy atom. The zero-order chi connectivity index (χ0) is 11.7. The summed E-state index contributed by atoms with van der Waals surface area (Å²) in [4.78, 5) is 4.66. The molecule has 0 bridgehead atoms. The lowest BCUT2D eigenvalue weighted by molar-refractivity contribution is 0.239. The topological polar surface area (TPSA) is 51.0 Å². The molecule has 1 N–H and O–H groups in total. The van der Waals surface area contributed by atoms with Crippen LogP contribution in [0.25, 0.3) is 0 Å². The van der Waals surface area contributed by atoms with E-state index in [2.05, 4.69) is 22.4 Å². The molecule has 1 aliphatic carbocycles. The van der Waals surface area contributed by atoms with Crippen molar-refractivity contribution in [3.8, 4) is 0 Å². The third-order valence-electron chi connectivity index (χ3n) is 4.24. The molecule has 1 aliphatic heterocycles. The molecule has 3 rings (SSSR count). The quantitative estimate of drug-likeness (QED) is 0.871. The third kappa shape index (κ3) is 1.88. The SMILES string of the molecule is CCCC1(c2nc(C3CCC3)no2)CCCN1. The largest absolute Gasteiger partial charge is 0.337 e. The molecule has 94 valence electrons. The Morgan fingerprint density at radius 2 is 2.29 bits per heavy atom. The Hall–Kier alpha value is -0.900. The van der Waals surface area contributed by atoms with E-state index >= 15 is 0 Å². The van der Waals surface area contributed by atoms with Crippen molar-refractivity contribution in [1.82, 2.24) is 15.5 Å². The molecular formula is C13H21N3O. The van der Waals surface area contributed by atoms with Gasteiger partial charge >= 0.3 is 0 Å². The van der Waals surface area contributed by atoms with E-state index in [9.17, 15) is 0 Å². The maximum atomic E-state index is 5.54. The summed E-state index contributed by atoms with van der Waals surface area (Å²) in [6.45, 7) is 3.28. The Balaban J connectivity index is 1.82. The molecule has 2 aliphatic rings. The molecule has 1 aromatic rings. The predicted molar refractivity (Wildman–Crippen MR) is 64.7 cm³/mol. The van der Waals surface area contributed by atoms with E-state index in [4.69, 9.17) is 4.52 Å². The minimum absolute atomic E-state index is 0.0241. The van der Waals surface area contributed by atoms with Crippen LogP contribution in [0.2, 0.25) is 0 Å². The Morgan fingerprint density at radius 3 is 2.88 bits per heavy atom. The fourth-order valence-electron chi connectivity index (χ4n) is 3.00. The van der Waals surface area contributed by atoms with Gasteiger partial charge in [0.05, 0.1) is 5.54 Å². The molecule has 17 heavy (non-hydrogen) atoms. The highest BCUT2D eigenvalue weighted by Gasteiger charge is 2.40. The van der Waals surface area contributed by atoms with Crippen LogP contribution in [0.15, 0.2) is 4.52 Å². The standard InChI is InChI=1S/C13H21N3O/c1-2-7-13(8-4-9-14-13)12-15-11(16-17-12)10-5-3-6-10/h10,14H,2-9H2,1H3. The molecule has 4 nitrogen and oxygen atoms in total. The lowest BCUT2D eigenvalue weighted by Gasteiger charge is -2.25. The van der Waals surface area contributed by atoms with Crippen LogP contribution in [0.4, 0.5) is 0 Å².